The highest BCUT2D eigenvalue weighted by Gasteiger charge is 2.14. The fourth-order valence-electron chi connectivity index (χ4n) is 1.99. The summed E-state index contributed by atoms with van der Waals surface area (Å²) in [4.78, 5) is 24.7. The van der Waals surface area contributed by atoms with Gasteiger partial charge in [-0.05, 0) is 32.4 Å². The van der Waals surface area contributed by atoms with Crippen molar-refractivity contribution in [2.24, 2.45) is 0 Å². The van der Waals surface area contributed by atoms with E-state index in [2.05, 4.69) is 25.6 Å². The molecule has 2 N–H and O–H groups in total. The lowest BCUT2D eigenvalue weighted by Gasteiger charge is -2.15. The molecule has 0 bridgehead atoms. The molecule has 6 nitrogen and oxygen atoms in total. The lowest BCUT2D eigenvalue weighted by Crippen LogP contribution is -2.28. The number of anilines is 1. The first kappa shape index (κ1) is 14.9. The number of amides is 1. The Bertz CT molecular complexity index is 612. The van der Waals surface area contributed by atoms with Gasteiger partial charge in [-0.25, -0.2) is 9.97 Å². The summed E-state index contributed by atoms with van der Waals surface area (Å²) in [5.41, 5.74) is 2.33. The molecule has 21 heavy (non-hydrogen) atoms. The van der Waals surface area contributed by atoms with Crippen molar-refractivity contribution in [3.05, 3.63) is 47.5 Å². The van der Waals surface area contributed by atoms with Crippen LogP contribution in [0.1, 0.15) is 41.5 Å². The van der Waals surface area contributed by atoms with Gasteiger partial charge in [-0.3, -0.25) is 9.78 Å². The number of aromatic nitrogens is 3. The molecule has 2 heterocycles. The summed E-state index contributed by atoms with van der Waals surface area (Å²) in [5, 5.41) is 5.89. The number of nitrogens with one attached hydrogen (secondary N) is 2. The Hall–Kier alpha value is -2.50. The topological polar surface area (TPSA) is 79.8 Å². The summed E-state index contributed by atoms with van der Waals surface area (Å²) < 4.78 is 0. The molecule has 0 spiro atoms. The highest BCUT2D eigenvalue weighted by Crippen LogP contribution is 2.14. The van der Waals surface area contributed by atoms with Crippen molar-refractivity contribution in [2.75, 3.05) is 11.9 Å². The third-order valence-corrected chi connectivity index (χ3v) is 3.06. The second kappa shape index (κ2) is 6.78. The number of rotatable bonds is 5. The zero-order chi connectivity index (χ0) is 15.2. The monoisotopic (exact) mass is 285 g/mol. The minimum Gasteiger partial charge on any atom is -0.355 e. The Labute approximate surface area is 124 Å². The predicted octanol–water partition coefficient (Wildman–Crippen LogP) is 2.10. The van der Waals surface area contributed by atoms with E-state index in [1.165, 1.54) is 12.4 Å². The van der Waals surface area contributed by atoms with Gasteiger partial charge in [-0.2, -0.15) is 0 Å². The van der Waals surface area contributed by atoms with Gasteiger partial charge in [0.1, 0.15) is 0 Å². The van der Waals surface area contributed by atoms with Crippen molar-refractivity contribution < 1.29 is 4.79 Å². The van der Waals surface area contributed by atoms with Crippen LogP contribution in [0.4, 0.5) is 5.95 Å². The molecular formula is C15H19N5O. The minimum atomic E-state index is -0.212. The Kier molecular flexibility index (Phi) is 4.81. The van der Waals surface area contributed by atoms with Crippen molar-refractivity contribution in [2.45, 2.75) is 26.8 Å². The SMILES string of the molecule is CCNc1ncc(C(=O)N[C@@H](C)c2ncccc2C)cn1. The van der Waals surface area contributed by atoms with Gasteiger partial charge in [0.25, 0.3) is 5.91 Å². The molecule has 0 aromatic carbocycles. The van der Waals surface area contributed by atoms with E-state index in [0.717, 1.165) is 17.8 Å². The smallest absolute Gasteiger partial charge is 0.254 e. The van der Waals surface area contributed by atoms with Crippen LogP contribution in [0.25, 0.3) is 0 Å². The zero-order valence-electron chi connectivity index (χ0n) is 12.4. The Morgan fingerprint density at radius 1 is 1.29 bits per heavy atom. The van der Waals surface area contributed by atoms with Crippen LogP contribution in [0.3, 0.4) is 0 Å². The summed E-state index contributed by atoms with van der Waals surface area (Å²) in [6.45, 7) is 6.57. The number of carbonyl (C=O) groups excluding carboxylic acids is 1. The second-order valence-corrected chi connectivity index (χ2v) is 4.73. The predicted molar refractivity (Wildman–Crippen MR) is 81.1 cm³/mol. The van der Waals surface area contributed by atoms with E-state index in [9.17, 15) is 4.79 Å². The van der Waals surface area contributed by atoms with Gasteiger partial charge < -0.3 is 10.6 Å². The van der Waals surface area contributed by atoms with Crippen LogP contribution in [0.5, 0.6) is 0 Å². The van der Waals surface area contributed by atoms with Crippen molar-refractivity contribution >= 4 is 11.9 Å². The van der Waals surface area contributed by atoms with Crippen molar-refractivity contribution in [3.63, 3.8) is 0 Å². The zero-order valence-corrected chi connectivity index (χ0v) is 12.4. The van der Waals surface area contributed by atoms with Crippen LogP contribution in [0, 0.1) is 6.92 Å². The van der Waals surface area contributed by atoms with Gasteiger partial charge in [0.15, 0.2) is 0 Å². The number of hydrogen-bond acceptors (Lipinski definition) is 5. The second-order valence-electron chi connectivity index (χ2n) is 4.73. The van der Waals surface area contributed by atoms with E-state index >= 15 is 0 Å². The fraction of sp³-hybridized carbons (Fsp3) is 0.333. The fourth-order valence-corrected chi connectivity index (χ4v) is 1.99. The quantitative estimate of drug-likeness (QED) is 0.879. The van der Waals surface area contributed by atoms with Gasteiger partial charge in [0.2, 0.25) is 5.95 Å². The third-order valence-electron chi connectivity index (χ3n) is 3.06. The van der Waals surface area contributed by atoms with Crippen LogP contribution in [-0.4, -0.2) is 27.4 Å². The summed E-state index contributed by atoms with van der Waals surface area (Å²) in [7, 11) is 0. The number of hydrogen-bond donors (Lipinski definition) is 2. The molecule has 0 radical (unpaired) electrons. The first-order valence-electron chi connectivity index (χ1n) is 6.90. The molecule has 0 aliphatic rings. The molecule has 6 heteroatoms. The van der Waals surface area contributed by atoms with Gasteiger partial charge >= 0.3 is 0 Å². The standard InChI is InChI=1S/C15H19N5O/c1-4-16-15-18-8-12(9-19-15)14(21)20-11(3)13-10(2)6-5-7-17-13/h5-9,11H,4H2,1-3H3,(H,20,21)(H,16,18,19)/t11-/m0/s1. The van der Waals surface area contributed by atoms with Gasteiger partial charge in [0, 0.05) is 25.1 Å². The number of carbonyl (C=O) groups is 1. The molecule has 0 aliphatic carbocycles. The van der Waals surface area contributed by atoms with E-state index in [1.54, 1.807) is 6.20 Å². The van der Waals surface area contributed by atoms with E-state index < -0.39 is 0 Å². The molecule has 0 fully saturated rings. The first-order valence-corrected chi connectivity index (χ1v) is 6.90. The molecule has 110 valence electrons. The molecule has 0 saturated carbocycles. The van der Waals surface area contributed by atoms with Gasteiger partial charge in [-0.1, -0.05) is 6.07 Å². The molecule has 2 aromatic heterocycles. The molecule has 1 amide bonds. The normalized spacial score (nSPS) is 11.8. The van der Waals surface area contributed by atoms with E-state index in [-0.39, 0.29) is 11.9 Å². The molecule has 2 aromatic rings. The maximum Gasteiger partial charge on any atom is 0.254 e. The van der Waals surface area contributed by atoms with Crippen molar-refractivity contribution in [3.8, 4) is 0 Å². The van der Waals surface area contributed by atoms with Gasteiger partial charge in [0.05, 0.1) is 17.3 Å². The Balaban J connectivity index is 2.05. The van der Waals surface area contributed by atoms with Crippen LogP contribution >= 0.6 is 0 Å². The van der Waals surface area contributed by atoms with E-state index in [1.807, 2.05) is 32.9 Å². The van der Waals surface area contributed by atoms with Crippen LogP contribution in [0.15, 0.2) is 30.7 Å². The lowest BCUT2D eigenvalue weighted by atomic mass is 10.1. The average Bonchev–Trinajstić information content (AvgIpc) is 2.48. The summed E-state index contributed by atoms with van der Waals surface area (Å²) in [6.07, 6.45) is 4.75. The number of aryl methyl sites for hydroxylation is 1. The summed E-state index contributed by atoms with van der Waals surface area (Å²) >= 11 is 0. The van der Waals surface area contributed by atoms with E-state index in [4.69, 9.17) is 0 Å². The summed E-state index contributed by atoms with van der Waals surface area (Å²) in [6, 6.07) is 3.67. The average molecular weight is 285 g/mol. The highest BCUT2D eigenvalue weighted by molar-refractivity contribution is 5.93. The molecule has 2 rings (SSSR count). The molecule has 1 atom stereocenters. The molecule has 0 saturated heterocycles. The van der Waals surface area contributed by atoms with Crippen LogP contribution < -0.4 is 10.6 Å². The molecule has 0 aliphatic heterocycles. The van der Waals surface area contributed by atoms with Crippen molar-refractivity contribution in [1.82, 2.24) is 20.3 Å². The van der Waals surface area contributed by atoms with Crippen LogP contribution in [0.2, 0.25) is 0 Å². The van der Waals surface area contributed by atoms with Crippen LogP contribution in [-0.2, 0) is 0 Å². The van der Waals surface area contributed by atoms with Crippen molar-refractivity contribution in [1.29, 1.82) is 0 Å². The Morgan fingerprint density at radius 2 is 2.00 bits per heavy atom. The third kappa shape index (κ3) is 3.75. The first-order chi connectivity index (χ1) is 10.1. The molecule has 0 unspecified atom stereocenters. The number of nitrogens with zero attached hydrogens (tertiary/aromatic N) is 3. The lowest BCUT2D eigenvalue weighted by molar-refractivity contribution is 0.0938. The van der Waals surface area contributed by atoms with E-state index in [0.29, 0.717) is 11.5 Å². The minimum absolute atomic E-state index is 0.174. The maximum absolute atomic E-state index is 12.2. The largest absolute Gasteiger partial charge is 0.355 e. The van der Waals surface area contributed by atoms with Gasteiger partial charge in [-0.15, -0.1) is 0 Å². The highest BCUT2D eigenvalue weighted by atomic mass is 16.1. The molecular weight excluding hydrogens is 266 g/mol. The number of pyridine rings is 1. The summed E-state index contributed by atoms with van der Waals surface area (Å²) in [5.74, 6) is 0.304. The maximum atomic E-state index is 12.2. The Morgan fingerprint density at radius 3 is 2.62 bits per heavy atom.